The lowest BCUT2D eigenvalue weighted by Gasteiger charge is -2.38. The number of aliphatic hydroxyl groups is 1. The molecule has 1 aromatic carbocycles. The molecule has 1 unspecified atom stereocenters. The summed E-state index contributed by atoms with van der Waals surface area (Å²) in [7, 11) is 0. The summed E-state index contributed by atoms with van der Waals surface area (Å²) >= 11 is 0. The molecule has 11 nitrogen and oxygen atoms in total. The first-order chi connectivity index (χ1) is 18.8. The molecule has 204 valence electrons. The number of imide groups is 1. The Labute approximate surface area is 226 Å². The zero-order valence-electron chi connectivity index (χ0n) is 21.8. The number of ether oxygens (including phenoxy) is 1. The van der Waals surface area contributed by atoms with Crippen LogP contribution in [0.4, 0.5) is 5.95 Å². The van der Waals surface area contributed by atoms with Crippen LogP contribution in [-0.4, -0.2) is 88.0 Å². The maximum Gasteiger partial charge on any atom is 0.262 e. The van der Waals surface area contributed by atoms with Crippen LogP contribution in [0.1, 0.15) is 57.5 Å². The van der Waals surface area contributed by atoms with Crippen LogP contribution in [-0.2, 0) is 21.7 Å². The Kier molecular flexibility index (Phi) is 6.66. The third-order valence-corrected chi connectivity index (χ3v) is 8.16. The van der Waals surface area contributed by atoms with E-state index in [1.54, 1.807) is 18.2 Å². The lowest BCUT2D eigenvalue weighted by molar-refractivity contribution is -0.125. The Morgan fingerprint density at radius 2 is 1.72 bits per heavy atom. The number of anilines is 1. The molecule has 6 rings (SSSR count). The van der Waals surface area contributed by atoms with Crippen LogP contribution in [0.15, 0.2) is 42.9 Å². The van der Waals surface area contributed by atoms with Crippen LogP contribution >= 0.6 is 0 Å². The molecule has 1 aromatic heterocycles. The predicted molar refractivity (Wildman–Crippen MR) is 141 cm³/mol. The number of nitrogens with zero attached hydrogens (tertiary/aromatic N) is 5. The standard InChI is InChI=1S/C28H32N6O5/c1-18-2-5-23(24(35)31-18)34-25(36)21-4-3-20(14-22(21)26(34)37)28(38)6-8-32(9-7-28)17-19-15-29-27(30-16-19)33-10-12-39-13-11-33/h3-4,14-16,23,38H,1-2,5-13,17H2,(H,31,35). The number of carbonyl (C=O) groups excluding carboxylic acids is 3. The van der Waals surface area contributed by atoms with Gasteiger partial charge in [0.05, 0.1) is 29.9 Å². The summed E-state index contributed by atoms with van der Waals surface area (Å²) in [5, 5.41) is 14.2. The normalized spacial score (nSPS) is 23.7. The fraction of sp³-hybridized carbons (Fsp3) is 0.464. The smallest absolute Gasteiger partial charge is 0.262 e. The van der Waals surface area contributed by atoms with E-state index in [-0.39, 0.29) is 11.1 Å². The van der Waals surface area contributed by atoms with Crippen LogP contribution in [0.25, 0.3) is 0 Å². The molecule has 3 amide bonds. The molecule has 3 saturated heterocycles. The van der Waals surface area contributed by atoms with Crippen LogP contribution in [0, 0.1) is 0 Å². The highest BCUT2D eigenvalue weighted by atomic mass is 16.5. The van der Waals surface area contributed by atoms with Gasteiger partial charge < -0.3 is 20.1 Å². The zero-order valence-corrected chi connectivity index (χ0v) is 21.8. The second-order valence-electron chi connectivity index (χ2n) is 10.7. The number of piperidine rings is 2. The van der Waals surface area contributed by atoms with E-state index in [2.05, 4.69) is 31.7 Å². The van der Waals surface area contributed by atoms with Gasteiger partial charge in [0.15, 0.2) is 0 Å². The number of fused-ring (bicyclic) bond motifs is 1. The number of benzene rings is 1. The minimum absolute atomic E-state index is 0.239. The SMILES string of the molecule is C=C1CCC(N2C(=O)c3ccc(C4(O)CCN(Cc5cnc(N6CCOCC6)nc5)CC4)cc3C2=O)C(=O)N1. The number of likely N-dealkylation sites (tertiary alicyclic amines) is 1. The molecule has 2 N–H and O–H groups in total. The van der Waals surface area contributed by atoms with Crippen molar-refractivity contribution in [3.8, 4) is 0 Å². The Bertz CT molecular complexity index is 1310. The van der Waals surface area contributed by atoms with Gasteiger partial charge in [-0.05, 0) is 43.4 Å². The highest BCUT2D eigenvalue weighted by molar-refractivity contribution is 6.23. The van der Waals surface area contributed by atoms with Crippen LogP contribution in [0.5, 0.6) is 0 Å². The van der Waals surface area contributed by atoms with E-state index in [1.807, 2.05) is 12.4 Å². The summed E-state index contributed by atoms with van der Waals surface area (Å²) in [6, 6.07) is 4.10. The van der Waals surface area contributed by atoms with Gasteiger partial charge in [-0.2, -0.15) is 0 Å². The first-order valence-corrected chi connectivity index (χ1v) is 13.4. The van der Waals surface area contributed by atoms with Crippen LogP contribution in [0.3, 0.4) is 0 Å². The summed E-state index contributed by atoms with van der Waals surface area (Å²) in [5.74, 6) is -0.648. The second-order valence-corrected chi connectivity index (χ2v) is 10.7. The highest BCUT2D eigenvalue weighted by Gasteiger charge is 2.45. The number of hydrogen-bond donors (Lipinski definition) is 2. The van der Waals surface area contributed by atoms with Crippen molar-refractivity contribution in [1.82, 2.24) is 25.1 Å². The van der Waals surface area contributed by atoms with Crippen molar-refractivity contribution in [1.29, 1.82) is 0 Å². The van der Waals surface area contributed by atoms with Crippen molar-refractivity contribution in [2.24, 2.45) is 0 Å². The van der Waals surface area contributed by atoms with Crippen molar-refractivity contribution >= 4 is 23.7 Å². The summed E-state index contributed by atoms with van der Waals surface area (Å²) in [6.07, 6.45) is 5.54. The molecule has 0 radical (unpaired) electrons. The van der Waals surface area contributed by atoms with Crippen molar-refractivity contribution in [3.63, 3.8) is 0 Å². The molecule has 5 heterocycles. The number of hydrogen-bond acceptors (Lipinski definition) is 9. The largest absolute Gasteiger partial charge is 0.385 e. The Hall–Kier alpha value is -3.67. The first kappa shape index (κ1) is 25.6. The summed E-state index contributed by atoms with van der Waals surface area (Å²) < 4.78 is 5.39. The third kappa shape index (κ3) is 4.81. The minimum atomic E-state index is -1.11. The van der Waals surface area contributed by atoms with E-state index in [9.17, 15) is 19.5 Å². The molecule has 4 aliphatic heterocycles. The average Bonchev–Trinajstić information content (AvgIpc) is 3.20. The number of allylic oxidation sites excluding steroid dienone is 1. The molecule has 0 spiro atoms. The van der Waals surface area contributed by atoms with Gasteiger partial charge in [0, 0.05) is 56.4 Å². The molecule has 4 aliphatic rings. The topological polar surface area (TPSA) is 128 Å². The molecule has 2 aromatic rings. The van der Waals surface area contributed by atoms with Crippen LogP contribution in [0.2, 0.25) is 0 Å². The number of carbonyl (C=O) groups is 3. The lowest BCUT2D eigenvalue weighted by Crippen LogP contribution is -2.51. The van der Waals surface area contributed by atoms with Gasteiger partial charge in [0.25, 0.3) is 11.8 Å². The molecule has 0 bridgehead atoms. The van der Waals surface area contributed by atoms with Gasteiger partial charge in [0.2, 0.25) is 11.9 Å². The molecule has 39 heavy (non-hydrogen) atoms. The summed E-state index contributed by atoms with van der Waals surface area (Å²) in [5.41, 5.74) is 1.60. The fourth-order valence-electron chi connectivity index (χ4n) is 5.82. The summed E-state index contributed by atoms with van der Waals surface area (Å²) in [4.78, 5) is 53.2. The number of nitrogens with one attached hydrogen (secondary N) is 1. The molecule has 1 atom stereocenters. The van der Waals surface area contributed by atoms with Gasteiger partial charge in [-0.15, -0.1) is 0 Å². The fourth-order valence-corrected chi connectivity index (χ4v) is 5.82. The molecule has 0 saturated carbocycles. The van der Waals surface area contributed by atoms with Gasteiger partial charge >= 0.3 is 0 Å². The third-order valence-electron chi connectivity index (χ3n) is 8.16. The van der Waals surface area contributed by atoms with Gasteiger partial charge in [-0.3, -0.25) is 24.2 Å². The van der Waals surface area contributed by atoms with Crippen molar-refractivity contribution in [2.45, 2.75) is 43.9 Å². The number of aromatic nitrogens is 2. The van der Waals surface area contributed by atoms with Gasteiger partial charge in [-0.25, -0.2) is 9.97 Å². The monoisotopic (exact) mass is 532 g/mol. The Morgan fingerprint density at radius 3 is 2.41 bits per heavy atom. The molecular weight excluding hydrogens is 500 g/mol. The van der Waals surface area contributed by atoms with Crippen molar-refractivity contribution in [2.75, 3.05) is 44.3 Å². The number of morpholine rings is 1. The lowest BCUT2D eigenvalue weighted by atomic mass is 9.83. The molecule has 11 heteroatoms. The second kappa shape index (κ2) is 10.1. The summed E-state index contributed by atoms with van der Waals surface area (Å²) in [6.45, 7) is 8.70. The van der Waals surface area contributed by atoms with Gasteiger partial charge in [0.1, 0.15) is 6.04 Å². The quantitative estimate of drug-likeness (QED) is 0.546. The zero-order chi connectivity index (χ0) is 27.1. The van der Waals surface area contributed by atoms with Gasteiger partial charge in [-0.1, -0.05) is 12.6 Å². The van der Waals surface area contributed by atoms with E-state index in [1.165, 1.54) is 0 Å². The molecular formula is C28H32N6O5. The van der Waals surface area contributed by atoms with E-state index in [0.29, 0.717) is 75.7 Å². The average molecular weight is 533 g/mol. The first-order valence-electron chi connectivity index (χ1n) is 13.4. The van der Waals surface area contributed by atoms with E-state index < -0.39 is 29.4 Å². The van der Waals surface area contributed by atoms with E-state index >= 15 is 0 Å². The molecule has 3 fully saturated rings. The van der Waals surface area contributed by atoms with Crippen LogP contribution < -0.4 is 10.2 Å². The Balaban J connectivity index is 1.10. The van der Waals surface area contributed by atoms with E-state index in [0.717, 1.165) is 23.6 Å². The maximum atomic E-state index is 13.2. The van der Waals surface area contributed by atoms with E-state index in [4.69, 9.17) is 4.74 Å². The number of rotatable bonds is 5. The maximum absolute atomic E-state index is 13.2. The van der Waals surface area contributed by atoms with Crippen molar-refractivity contribution in [3.05, 3.63) is 65.1 Å². The molecule has 0 aliphatic carbocycles. The highest BCUT2D eigenvalue weighted by Crippen LogP contribution is 2.37. The minimum Gasteiger partial charge on any atom is -0.385 e. The van der Waals surface area contributed by atoms with Crippen molar-refractivity contribution < 1.29 is 24.2 Å². The predicted octanol–water partition coefficient (Wildman–Crippen LogP) is 1.19. The number of amides is 3. The Morgan fingerprint density at radius 1 is 1.03 bits per heavy atom.